The zero-order valence-electron chi connectivity index (χ0n) is 15.2. The Kier molecular flexibility index (Phi) is 2.91. The van der Waals surface area contributed by atoms with E-state index in [2.05, 4.69) is 75.8 Å². The second-order valence-electron chi connectivity index (χ2n) is 8.69. The van der Waals surface area contributed by atoms with E-state index in [0.717, 1.165) is 39.1 Å². The molecule has 0 fully saturated rings. The number of hydrogen-bond donors (Lipinski definition) is 2. The fraction of sp³-hybridized carbons (Fsp3) is 0.400. The quantitative estimate of drug-likeness (QED) is 0.468. The Labute approximate surface area is 141 Å². The monoisotopic (exact) mass is 320 g/mol. The Morgan fingerprint density at radius 1 is 0.667 bits per heavy atom. The molecule has 2 heterocycles. The molecule has 0 aliphatic rings. The van der Waals surface area contributed by atoms with Crippen molar-refractivity contribution in [2.24, 2.45) is 0 Å². The summed E-state index contributed by atoms with van der Waals surface area (Å²) >= 11 is 0. The van der Waals surface area contributed by atoms with Crippen LogP contribution in [-0.4, -0.2) is 19.9 Å². The molecule has 0 bridgehead atoms. The number of imidazole rings is 2. The summed E-state index contributed by atoms with van der Waals surface area (Å²) in [5.74, 6) is 2.02. The molecule has 0 radical (unpaired) electrons. The highest BCUT2D eigenvalue weighted by Crippen LogP contribution is 2.33. The summed E-state index contributed by atoms with van der Waals surface area (Å²) in [6.45, 7) is 13.1. The molecule has 4 nitrogen and oxygen atoms in total. The molecule has 24 heavy (non-hydrogen) atoms. The second-order valence-corrected chi connectivity index (χ2v) is 8.69. The third kappa shape index (κ3) is 2.20. The van der Waals surface area contributed by atoms with Crippen LogP contribution in [0, 0.1) is 0 Å². The Bertz CT molecular complexity index is 985. The minimum atomic E-state index is -0.0125. The Hall–Kier alpha value is -2.36. The molecule has 0 saturated carbocycles. The summed E-state index contributed by atoms with van der Waals surface area (Å²) in [6.07, 6.45) is 0. The molecular formula is C20H24N4. The molecule has 0 saturated heterocycles. The van der Waals surface area contributed by atoms with Gasteiger partial charge in [0.05, 0.1) is 22.1 Å². The van der Waals surface area contributed by atoms with E-state index < -0.39 is 0 Å². The van der Waals surface area contributed by atoms with Crippen molar-refractivity contribution in [1.82, 2.24) is 19.9 Å². The van der Waals surface area contributed by atoms with Crippen molar-refractivity contribution in [3.05, 3.63) is 35.9 Å². The summed E-state index contributed by atoms with van der Waals surface area (Å²) in [4.78, 5) is 16.8. The van der Waals surface area contributed by atoms with Crippen LogP contribution in [0.25, 0.3) is 32.8 Å². The van der Waals surface area contributed by atoms with Gasteiger partial charge in [0, 0.05) is 16.2 Å². The van der Waals surface area contributed by atoms with Gasteiger partial charge in [-0.05, 0) is 17.5 Å². The largest absolute Gasteiger partial charge is 0.342 e. The van der Waals surface area contributed by atoms with E-state index in [1.165, 1.54) is 5.39 Å². The number of rotatable bonds is 0. The first-order valence-corrected chi connectivity index (χ1v) is 8.47. The van der Waals surface area contributed by atoms with Gasteiger partial charge < -0.3 is 9.97 Å². The number of benzene rings is 2. The minimum Gasteiger partial charge on any atom is -0.342 e. The molecule has 2 N–H and O–H groups in total. The highest BCUT2D eigenvalue weighted by molar-refractivity contribution is 6.16. The van der Waals surface area contributed by atoms with Crippen LogP contribution in [0.4, 0.5) is 0 Å². The topological polar surface area (TPSA) is 57.4 Å². The number of aromatic amines is 2. The van der Waals surface area contributed by atoms with Gasteiger partial charge in [0.15, 0.2) is 0 Å². The molecule has 0 amide bonds. The van der Waals surface area contributed by atoms with Crippen LogP contribution in [0.2, 0.25) is 0 Å². The summed E-state index contributed by atoms with van der Waals surface area (Å²) in [7, 11) is 0. The number of nitrogens with one attached hydrogen (secondary N) is 2. The number of hydrogen-bond acceptors (Lipinski definition) is 2. The van der Waals surface area contributed by atoms with E-state index in [1.807, 2.05) is 0 Å². The Morgan fingerprint density at radius 3 is 1.46 bits per heavy atom. The summed E-state index contributed by atoms with van der Waals surface area (Å²) in [6, 6.07) is 8.52. The van der Waals surface area contributed by atoms with Crippen molar-refractivity contribution in [2.75, 3.05) is 0 Å². The summed E-state index contributed by atoms with van der Waals surface area (Å²) in [5, 5.41) is 2.30. The molecule has 0 aliphatic carbocycles. The van der Waals surface area contributed by atoms with E-state index in [1.54, 1.807) is 0 Å². The van der Waals surface area contributed by atoms with Crippen molar-refractivity contribution in [1.29, 1.82) is 0 Å². The van der Waals surface area contributed by atoms with Gasteiger partial charge in [-0.1, -0.05) is 53.7 Å². The first-order chi connectivity index (χ1) is 11.1. The van der Waals surface area contributed by atoms with E-state index in [0.29, 0.717) is 0 Å². The van der Waals surface area contributed by atoms with Crippen LogP contribution in [0.3, 0.4) is 0 Å². The predicted molar refractivity (Wildman–Crippen MR) is 101 cm³/mol. The standard InChI is InChI=1S/C20H24N4/c1-19(2,3)17-21-12-9-7-11-8-10-13-16(14(11)15(12)23-17)24-18(22-13)20(4,5)6/h7-10H,1-6H3,(H,21,23)(H,22,24). The molecule has 124 valence electrons. The molecule has 2 aromatic carbocycles. The van der Waals surface area contributed by atoms with Crippen molar-refractivity contribution in [3.63, 3.8) is 0 Å². The number of fused-ring (bicyclic) bond motifs is 5. The zero-order chi connectivity index (χ0) is 17.3. The van der Waals surface area contributed by atoms with Crippen LogP contribution in [0.1, 0.15) is 53.2 Å². The maximum Gasteiger partial charge on any atom is 0.112 e. The number of H-pyrrole nitrogens is 2. The number of aromatic nitrogens is 4. The van der Waals surface area contributed by atoms with Crippen LogP contribution in [0.5, 0.6) is 0 Å². The van der Waals surface area contributed by atoms with Crippen molar-refractivity contribution in [2.45, 2.75) is 52.4 Å². The molecule has 4 aromatic rings. The highest BCUT2D eigenvalue weighted by Gasteiger charge is 2.22. The van der Waals surface area contributed by atoms with Gasteiger partial charge in [-0.2, -0.15) is 0 Å². The van der Waals surface area contributed by atoms with Gasteiger partial charge >= 0.3 is 0 Å². The first kappa shape index (κ1) is 15.2. The molecule has 4 rings (SSSR count). The lowest BCUT2D eigenvalue weighted by atomic mass is 9.96. The molecule has 0 aliphatic heterocycles. The van der Waals surface area contributed by atoms with Gasteiger partial charge in [-0.3, -0.25) is 0 Å². The van der Waals surface area contributed by atoms with Gasteiger partial charge in [0.2, 0.25) is 0 Å². The lowest BCUT2D eigenvalue weighted by Gasteiger charge is -2.13. The average Bonchev–Trinajstić information content (AvgIpc) is 3.09. The molecular weight excluding hydrogens is 296 g/mol. The van der Waals surface area contributed by atoms with Gasteiger partial charge in [-0.15, -0.1) is 0 Å². The molecule has 0 spiro atoms. The second kappa shape index (κ2) is 4.59. The fourth-order valence-electron chi connectivity index (χ4n) is 3.06. The summed E-state index contributed by atoms with van der Waals surface area (Å²) < 4.78 is 0. The van der Waals surface area contributed by atoms with E-state index in [9.17, 15) is 0 Å². The minimum absolute atomic E-state index is 0.0125. The molecule has 0 unspecified atom stereocenters. The predicted octanol–water partition coefficient (Wildman–Crippen LogP) is 5.19. The molecule has 2 aromatic heterocycles. The van der Waals surface area contributed by atoms with Crippen molar-refractivity contribution >= 4 is 32.8 Å². The van der Waals surface area contributed by atoms with Crippen LogP contribution in [-0.2, 0) is 10.8 Å². The van der Waals surface area contributed by atoms with Crippen molar-refractivity contribution < 1.29 is 0 Å². The Balaban J connectivity index is 2.13. The lowest BCUT2D eigenvalue weighted by Crippen LogP contribution is -2.13. The third-order valence-electron chi connectivity index (χ3n) is 4.51. The maximum atomic E-state index is 4.92. The highest BCUT2D eigenvalue weighted by atomic mass is 15.0. The zero-order valence-corrected chi connectivity index (χ0v) is 15.2. The van der Waals surface area contributed by atoms with E-state index in [-0.39, 0.29) is 10.8 Å². The van der Waals surface area contributed by atoms with Crippen molar-refractivity contribution in [3.8, 4) is 0 Å². The number of nitrogens with zero attached hydrogens (tertiary/aromatic N) is 2. The van der Waals surface area contributed by atoms with Gasteiger partial charge in [0.25, 0.3) is 0 Å². The third-order valence-corrected chi connectivity index (χ3v) is 4.51. The fourth-order valence-corrected chi connectivity index (χ4v) is 3.06. The first-order valence-electron chi connectivity index (χ1n) is 8.47. The van der Waals surface area contributed by atoms with Crippen LogP contribution >= 0.6 is 0 Å². The maximum absolute atomic E-state index is 4.92. The van der Waals surface area contributed by atoms with Gasteiger partial charge in [0.1, 0.15) is 11.6 Å². The smallest absolute Gasteiger partial charge is 0.112 e. The van der Waals surface area contributed by atoms with Crippen LogP contribution < -0.4 is 0 Å². The Morgan fingerprint density at radius 2 is 1.08 bits per heavy atom. The SMILES string of the molecule is CC(C)(C)c1nc2c(ccc3ccc4[nH]c(C(C)(C)C)nc4c32)[nH]1. The summed E-state index contributed by atoms with van der Waals surface area (Å²) in [5.41, 5.74) is 4.13. The van der Waals surface area contributed by atoms with Gasteiger partial charge in [-0.25, -0.2) is 9.97 Å². The van der Waals surface area contributed by atoms with E-state index in [4.69, 9.17) is 9.97 Å². The van der Waals surface area contributed by atoms with Crippen LogP contribution in [0.15, 0.2) is 24.3 Å². The van der Waals surface area contributed by atoms with E-state index >= 15 is 0 Å². The molecule has 0 atom stereocenters. The lowest BCUT2D eigenvalue weighted by molar-refractivity contribution is 0.554. The normalized spacial score (nSPS) is 13.4. The molecule has 4 heteroatoms. The average molecular weight is 320 g/mol.